The summed E-state index contributed by atoms with van der Waals surface area (Å²) in [4.78, 5) is 71.4. The topological polar surface area (TPSA) is 231 Å². The molecule has 0 heterocycles. The second-order valence-electron chi connectivity index (χ2n) is 7.94. The first-order valence-corrected chi connectivity index (χ1v) is 11.6. The quantitative estimate of drug-likeness (QED) is 0.113. The number of rotatable bonds is 16. The van der Waals surface area contributed by atoms with E-state index in [-0.39, 0.29) is 31.4 Å². The largest absolute Gasteiger partial charge is 0.481 e. The van der Waals surface area contributed by atoms with E-state index < -0.39 is 66.2 Å². The van der Waals surface area contributed by atoms with Gasteiger partial charge in [0.05, 0.1) is 6.04 Å². The first-order chi connectivity index (χ1) is 16.9. The van der Waals surface area contributed by atoms with E-state index in [2.05, 4.69) is 28.6 Å². The first-order valence-electron chi connectivity index (χ1n) is 11.0. The van der Waals surface area contributed by atoms with Gasteiger partial charge in [-0.25, -0.2) is 4.79 Å². The van der Waals surface area contributed by atoms with E-state index in [4.69, 9.17) is 16.6 Å². The molecule has 13 nitrogen and oxygen atoms in total. The summed E-state index contributed by atoms with van der Waals surface area (Å²) in [5.74, 6) is -5.93. The van der Waals surface area contributed by atoms with Crippen LogP contribution in [0.2, 0.25) is 0 Å². The fourth-order valence-electron chi connectivity index (χ4n) is 3.03. The third-order valence-electron chi connectivity index (χ3n) is 5.03. The number of carboxylic acids is 2. The number of nitrogens with two attached hydrogens (primary N) is 2. The van der Waals surface area contributed by atoms with Crippen LogP contribution in [0.4, 0.5) is 0 Å². The lowest BCUT2D eigenvalue weighted by molar-refractivity contribution is -0.143. The Hall–Kier alpha value is -3.65. The van der Waals surface area contributed by atoms with Gasteiger partial charge in [0.15, 0.2) is 0 Å². The molecule has 1 aromatic carbocycles. The minimum Gasteiger partial charge on any atom is -0.481 e. The van der Waals surface area contributed by atoms with Crippen molar-refractivity contribution in [2.24, 2.45) is 11.5 Å². The van der Waals surface area contributed by atoms with Crippen LogP contribution in [0.3, 0.4) is 0 Å². The molecule has 0 aromatic heterocycles. The average molecular weight is 526 g/mol. The number of nitrogens with one attached hydrogen (secondary N) is 3. The van der Waals surface area contributed by atoms with E-state index in [1.807, 2.05) is 0 Å². The van der Waals surface area contributed by atoms with Gasteiger partial charge in [-0.05, 0) is 18.4 Å². The maximum Gasteiger partial charge on any atom is 0.326 e. The second-order valence-corrected chi connectivity index (χ2v) is 8.30. The SMILES string of the molecule is NC(=O)CCC(N)C(=O)NC(CS)C(=O)NC(CCC(=O)O)C(=O)NC(Cc1ccccc1)C(=O)O. The highest BCUT2D eigenvalue weighted by molar-refractivity contribution is 7.80. The van der Waals surface area contributed by atoms with Gasteiger partial charge in [0.25, 0.3) is 0 Å². The van der Waals surface area contributed by atoms with Gasteiger partial charge in [-0.3, -0.25) is 24.0 Å². The van der Waals surface area contributed by atoms with E-state index >= 15 is 0 Å². The molecule has 0 fully saturated rings. The molecule has 4 atom stereocenters. The number of carbonyl (C=O) groups is 6. The lowest BCUT2D eigenvalue weighted by Crippen LogP contribution is -2.57. The van der Waals surface area contributed by atoms with Gasteiger partial charge in [-0.1, -0.05) is 30.3 Å². The van der Waals surface area contributed by atoms with Crippen molar-refractivity contribution >= 4 is 48.2 Å². The Labute approximate surface area is 212 Å². The molecule has 36 heavy (non-hydrogen) atoms. The number of benzene rings is 1. The highest BCUT2D eigenvalue weighted by Gasteiger charge is 2.30. The number of carboxylic acid groups (broad SMARTS) is 2. The zero-order valence-corrected chi connectivity index (χ0v) is 20.3. The van der Waals surface area contributed by atoms with Gasteiger partial charge in [-0.15, -0.1) is 0 Å². The van der Waals surface area contributed by atoms with Gasteiger partial charge >= 0.3 is 11.9 Å². The van der Waals surface area contributed by atoms with Crippen LogP contribution in [0.25, 0.3) is 0 Å². The maximum atomic E-state index is 12.8. The Morgan fingerprint density at radius 3 is 1.89 bits per heavy atom. The standard InChI is InChI=1S/C22H31N5O8S/c23-13(6-8-17(24)28)19(31)27-16(11-36)21(33)25-14(7-9-18(29)30)20(32)26-15(22(34)35)10-12-4-2-1-3-5-12/h1-5,13-16,36H,6-11,23H2,(H2,24,28)(H,25,33)(H,26,32)(H,27,31)(H,29,30)(H,34,35). The summed E-state index contributed by atoms with van der Waals surface area (Å²) >= 11 is 4.02. The van der Waals surface area contributed by atoms with E-state index in [1.54, 1.807) is 30.3 Å². The van der Waals surface area contributed by atoms with Crippen LogP contribution in [0.15, 0.2) is 30.3 Å². The van der Waals surface area contributed by atoms with Crippen molar-refractivity contribution in [1.29, 1.82) is 0 Å². The Morgan fingerprint density at radius 1 is 0.806 bits per heavy atom. The predicted octanol–water partition coefficient (Wildman–Crippen LogP) is -1.84. The Balaban J connectivity index is 2.91. The van der Waals surface area contributed by atoms with E-state index in [1.165, 1.54) is 0 Å². The summed E-state index contributed by atoms with van der Waals surface area (Å²) in [6.07, 6.45) is -1.07. The molecule has 198 valence electrons. The van der Waals surface area contributed by atoms with Crippen LogP contribution in [-0.4, -0.2) is 75.7 Å². The first kappa shape index (κ1) is 30.4. The number of aliphatic carboxylic acids is 2. The average Bonchev–Trinajstić information content (AvgIpc) is 2.82. The minimum absolute atomic E-state index is 0.0416. The molecular formula is C22H31N5O8S. The van der Waals surface area contributed by atoms with Crippen LogP contribution in [0.1, 0.15) is 31.2 Å². The van der Waals surface area contributed by atoms with Crippen LogP contribution in [0, 0.1) is 0 Å². The zero-order valence-electron chi connectivity index (χ0n) is 19.4. The molecule has 0 aliphatic heterocycles. The van der Waals surface area contributed by atoms with E-state index in [9.17, 15) is 33.9 Å². The molecule has 4 amide bonds. The summed E-state index contributed by atoms with van der Waals surface area (Å²) in [5, 5.41) is 25.5. The highest BCUT2D eigenvalue weighted by atomic mass is 32.1. The van der Waals surface area contributed by atoms with Gasteiger partial charge in [0.1, 0.15) is 18.1 Å². The molecule has 9 N–H and O–H groups in total. The maximum absolute atomic E-state index is 12.8. The monoisotopic (exact) mass is 525 g/mol. The molecule has 0 radical (unpaired) electrons. The van der Waals surface area contributed by atoms with Crippen molar-refractivity contribution in [2.45, 2.75) is 56.3 Å². The van der Waals surface area contributed by atoms with Crippen molar-refractivity contribution in [1.82, 2.24) is 16.0 Å². The third-order valence-corrected chi connectivity index (χ3v) is 5.40. The van der Waals surface area contributed by atoms with Crippen molar-refractivity contribution in [3.63, 3.8) is 0 Å². The van der Waals surface area contributed by atoms with Crippen molar-refractivity contribution in [2.75, 3.05) is 5.75 Å². The lowest BCUT2D eigenvalue weighted by atomic mass is 10.0. The number of carbonyl (C=O) groups excluding carboxylic acids is 4. The molecule has 0 spiro atoms. The number of primary amides is 1. The molecule has 0 aliphatic carbocycles. The molecule has 0 aliphatic rings. The Bertz CT molecular complexity index is 946. The number of amides is 4. The summed E-state index contributed by atoms with van der Waals surface area (Å²) in [6.45, 7) is 0. The smallest absolute Gasteiger partial charge is 0.326 e. The predicted molar refractivity (Wildman–Crippen MR) is 131 cm³/mol. The Kier molecular flexibility index (Phi) is 13.0. The minimum atomic E-state index is -1.41. The van der Waals surface area contributed by atoms with Gasteiger partial charge in [0, 0.05) is 25.0 Å². The summed E-state index contributed by atoms with van der Waals surface area (Å²) in [6, 6.07) is 3.39. The van der Waals surface area contributed by atoms with Crippen molar-refractivity contribution < 1.29 is 39.0 Å². The lowest BCUT2D eigenvalue weighted by Gasteiger charge is -2.24. The van der Waals surface area contributed by atoms with Crippen LogP contribution in [0.5, 0.6) is 0 Å². The van der Waals surface area contributed by atoms with Crippen LogP contribution < -0.4 is 27.4 Å². The highest BCUT2D eigenvalue weighted by Crippen LogP contribution is 2.06. The summed E-state index contributed by atoms with van der Waals surface area (Å²) in [7, 11) is 0. The zero-order chi connectivity index (χ0) is 27.3. The van der Waals surface area contributed by atoms with E-state index in [0.717, 1.165) is 0 Å². The molecule has 14 heteroatoms. The van der Waals surface area contributed by atoms with E-state index in [0.29, 0.717) is 5.56 Å². The van der Waals surface area contributed by atoms with Crippen LogP contribution in [-0.2, 0) is 35.2 Å². The number of hydrogen-bond acceptors (Lipinski definition) is 8. The molecule has 0 saturated heterocycles. The molecule has 4 unspecified atom stereocenters. The van der Waals surface area contributed by atoms with Crippen molar-refractivity contribution in [3.05, 3.63) is 35.9 Å². The molecular weight excluding hydrogens is 494 g/mol. The normalized spacial score (nSPS) is 13.9. The van der Waals surface area contributed by atoms with Gasteiger partial charge < -0.3 is 37.6 Å². The fraction of sp³-hybridized carbons (Fsp3) is 0.455. The summed E-state index contributed by atoms with van der Waals surface area (Å²) < 4.78 is 0. The Morgan fingerprint density at radius 2 is 1.36 bits per heavy atom. The fourth-order valence-corrected chi connectivity index (χ4v) is 3.29. The third kappa shape index (κ3) is 11.2. The molecule has 1 aromatic rings. The van der Waals surface area contributed by atoms with Crippen LogP contribution >= 0.6 is 12.6 Å². The number of thiol groups is 1. The van der Waals surface area contributed by atoms with Gasteiger partial charge in [-0.2, -0.15) is 12.6 Å². The summed E-state index contributed by atoms with van der Waals surface area (Å²) in [5.41, 5.74) is 11.4. The number of hydrogen-bond donors (Lipinski definition) is 8. The molecule has 0 saturated carbocycles. The molecule has 0 bridgehead atoms. The second kappa shape index (κ2) is 15.4. The molecule has 1 rings (SSSR count). The van der Waals surface area contributed by atoms with Crippen molar-refractivity contribution in [3.8, 4) is 0 Å². The van der Waals surface area contributed by atoms with Gasteiger partial charge in [0.2, 0.25) is 23.6 Å².